The van der Waals surface area contributed by atoms with Crippen molar-refractivity contribution in [3.05, 3.63) is 0 Å². The zero-order valence-electron chi connectivity index (χ0n) is 7.81. The fraction of sp³-hybridized carbons (Fsp3) is 0.818. The Morgan fingerprint density at radius 2 is 1.67 bits per heavy atom. The first-order valence-corrected chi connectivity index (χ1v) is 5.09. The minimum atomic E-state index is 0.768. The summed E-state index contributed by atoms with van der Waals surface area (Å²) in [7, 11) is 0. The van der Waals surface area contributed by atoms with Gasteiger partial charge < -0.3 is 5.73 Å². The van der Waals surface area contributed by atoms with E-state index >= 15 is 0 Å². The Labute approximate surface area is 75.7 Å². The van der Waals surface area contributed by atoms with Crippen molar-refractivity contribution in [2.75, 3.05) is 6.54 Å². The molecule has 0 bridgehead atoms. The molecule has 1 atom stereocenters. The highest BCUT2D eigenvalue weighted by Crippen LogP contribution is 2.16. The molecule has 1 heteroatoms. The topological polar surface area (TPSA) is 26.0 Å². The van der Waals surface area contributed by atoms with E-state index in [4.69, 9.17) is 5.73 Å². The lowest BCUT2D eigenvalue weighted by molar-refractivity contribution is 0.429. The number of nitrogens with two attached hydrogens (primary N) is 1. The van der Waals surface area contributed by atoms with Crippen LogP contribution in [-0.4, -0.2) is 6.54 Å². The fourth-order valence-corrected chi connectivity index (χ4v) is 1.68. The average Bonchev–Trinajstić information content (AvgIpc) is 2.14. The summed E-state index contributed by atoms with van der Waals surface area (Å²) in [5, 5.41) is 0. The largest absolute Gasteiger partial charge is 0.330 e. The minimum Gasteiger partial charge on any atom is -0.330 e. The molecule has 0 spiro atoms. The molecular weight excluding hydrogens is 146 g/mol. The van der Waals surface area contributed by atoms with E-state index < -0.39 is 0 Å². The molecule has 0 aromatic heterocycles. The molecule has 1 aliphatic carbocycles. The first-order valence-electron chi connectivity index (χ1n) is 5.09. The molecule has 1 nitrogen and oxygen atoms in total. The smallest absolute Gasteiger partial charge is 0.00887 e. The van der Waals surface area contributed by atoms with E-state index in [-0.39, 0.29) is 0 Å². The summed E-state index contributed by atoms with van der Waals surface area (Å²) in [5.41, 5.74) is 5.68. The third-order valence-electron chi connectivity index (χ3n) is 2.54. The van der Waals surface area contributed by atoms with Crippen molar-refractivity contribution in [2.45, 2.75) is 44.9 Å². The van der Waals surface area contributed by atoms with E-state index in [0.717, 1.165) is 25.3 Å². The van der Waals surface area contributed by atoms with Crippen LogP contribution >= 0.6 is 0 Å². The van der Waals surface area contributed by atoms with Crippen molar-refractivity contribution in [2.24, 2.45) is 11.7 Å². The zero-order valence-corrected chi connectivity index (χ0v) is 7.81. The monoisotopic (exact) mass is 165 g/mol. The van der Waals surface area contributed by atoms with Gasteiger partial charge in [0.2, 0.25) is 0 Å². The molecule has 0 aliphatic heterocycles. The van der Waals surface area contributed by atoms with E-state index in [0.29, 0.717) is 0 Å². The highest BCUT2D eigenvalue weighted by atomic mass is 14.5. The fourth-order valence-electron chi connectivity index (χ4n) is 1.68. The van der Waals surface area contributed by atoms with Gasteiger partial charge in [-0.05, 0) is 38.1 Å². The molecule has 0 saturated carbocycles. The summed E-state index contributed by atoms with van der Waals surface area (Å²) in [4.78, 5) is 0. The van der Waals surface area contributed by atoms with Gasteiger partial charge in [-0.2, -0.15) is 0 Å². The van der Waals surface area contributed by atoms with Gasteiger partial charge in [-0.3, -0.25) is 0 Å². The van der Waals surface area contributed by atoms with Crippen molar-refractivity contribution in [1.29, 1.82) is 0 Å². The zero-order chi connectivity index (χ0) is 8.65. The summed E-state index contributed by atoms with van der Waals surface area (Å²) in [6, 6.07) is 0. The molecule has 0 aromatic carbocycles. The lowest BCUT2D eigenvalue weighted by atomic mass is 9.95. The molecule has 12 heavy (non-hydrogen) atoms. The Hall–Kier alpha value is -0.480. The second-order valence-electron chi connectivity index (χ2n) is 3.59. The highest BCUT2D eigenvalue weighted by molar-refractivity contribution is 4.98. The van der Waals surface area contributed by atoms with Crippen LogP contribution in [-0.2, 0) is 0 Å². The molecule has 0 saturated heterocycles. The molecule has 1 unspecified atom stereocenters. The minimum absolute atomic E-state index is 0.768. The van der Waals surface area contributed by atoms with Gasteiger partial charge in [0.1, 0.15) is 0 Å². The Morgan fingerprint density at radius 1 is 1.00 bits per heavy atom. The van der Waals surface area contributed by atoms with Crippen LogP contribution in [0.3, 0.4) is 0 Å². The molecule has 1 rings (SSSR count). The number of rotatable bonds is 1. The molecule has 0 amide bonds. The molecule has 0 radical (unpaired) electrons. The molecule has 1 aliphatic rings. The van der Waals surface area contributed by atoms with Crippen molar-refractivity contribution < 1.29 is 0 Å². The van der Waals surface area contributed by atoms with Crippen molar-refractivity contribution >= 4 is 0 Å². The van der Waals surface area contributed by atoms with Crippen LogP contribution in [0.1, 0.15) is 44.9 Å². The van der Waals surface area contributed by atoms with Gasteiger partial charge in [0.25, 0.3) is 0 Å². The molecular formula is C11H19N. The van der Waals surface area contributed by atoms with E-state index in [1.807, 2.05) is 0 Å². The van der Waals surface area contributed by atoms with Gasteiger partial charge >= 0.3 is 0 Å². The van der Waals surface area contributed by atoms with E-state index in [1.54, 1.807) is 0 Å². The maximum atomic E-state index is 5.68. The van der Waals surface area contributed by atoms with Crippen LogP contribution in [0, 0.1) is 17.8 Å². The summed E-state index contributed by atoms with van der Waals surface area (Å²) in [6.45, 7) is 0.868. The standard InChI is InChI=1S/C11H19N/c12-10-11-8-6-4-2-1-3-5-7-9-11/h11H,2,4-10,12H2. The predicted molar refractivity (Wildman–Crippen MR) is 52.6 cm³/mol. The molecule has 0 aromatic rings. The normalized spacial score (nSPS) is 25.6. The molecule has 68 valence electrons. The number of hydrogen-bond donors (Lipinski definition) is 1. The van der Waals surface area contributed by atoms with Crippen molar-refractivity contribution in [1.82, 2.24) is 0 Å². The van der Waals surface area contributed by atoms with Crippen LogP contribution < -0.4 is 5.73 Å². The Bertz CT molecular complexity index is 164. The SMILES string of the molecule is NCC1CCCC#CCCCC1. The van der Waals surface area contributed by atoms with Crippen LogP contribution in [0.4, 0.5) is 0 Å². The Kier molecular flexibility index (Phi) is 4.87. The number of hydrogen-bond acceptors (Lipinski definition) is 1. The van der Waals surface area contributed by atoms with Gasteiger partial charge in [-0.25, -0.2) is 0 Å². The first kappa shape index (κ1) is 9.61. The predicted octanol–water partition coefficient (Wildman–Crippen LogP) is 2.31. The van der Waals surface area contributed by atoms with Crippen LogP contribution in [0.2, 0.25) is 0 Å². The van der Waals surface area contributed by atoms with E-state index in [9.17, 15) is 0 Å². The maximum absolute atomic E-state index is 5.68. The second-order valence-corrected chi connectivity index (χ2v) is 3.59. The van der Waals surface area contributed by atoms with Crippen LogP contribution in [0.15, 0.2) is 0 Å². The third kappa shape index (κ3) is 3.78. The van der Waals surface area contributed by atoms with Gasteiger partial charge in [-0.15, -0.1) is 11.8 Å². The second kappa shape index (κ2) is 6.08. The Balaban J connectivity index is 2.29. The van der Waals surface area contributed by atoms with Gasteiger partial charge in [-0.1, -0.05) is 6.42 Å². The van der Waals surface area contributed by atoms with Gasteiger partial charge in [0.15, 0.2) is 0 Å². The van der Waals surface area contributed by atoms with E-state index in [1.165, 1.54) is 32.1 Å². The molecule has 0 fully saturated rings. The van der Waals surface area contributed by atoms with Crippen LogP contribution in [0.5, 0.6) is 0 Å². The lowest BCUT2D eigenvalue weighted by Gasteiger charge is -2.13. The van der Waals surface area contributed by atoms with Gasteiger partial charge in [0.05, 0.1) is 0 Å². The lowest BCUT2D eigenvalue weighted by Crippen LogP contribution is -2.14. The molecule has 2 N–H and O–H groups in total. The third-order valence-corrected chi connectivity index (χ3v) is 2.54. The summed E-state index contributed by atoms with van der Waals surface area (Å²) in [6.07, 6.45) is 8.60. The van der Waals surface area contributed by atoms with E-state index in [2.05, 4.69) is 11.8 Å². The first-order chi connectivity index (χ1) is 5.93. The quantitative estimate of drug-likeness (QED) is 0.593. The maximum Gasteiger partial charge on any atom is 0.00887 e. The summed E-state index contributed by atoms with van der Waals surface area (Å²) < 4.78 is 0. The highest BCUT2D eigenvalue weighted by Gasteiger charge is 2.05. The summed E-state index contributed by atoms with van der Waals surface area (Å²) in [5.74, 6) is 7.18. The van der Waals surface area contributed by atoms with Crippen LogP contribution in [0.25, 0.3) is 0 Å². The van der Waals surface area contributed by atoms with Crippen molar-refractivity contribution in [3.63, 3.8) is 0 Å². The average molecular weight is 165 g/mol. The van der Waals surface area contributed by atoms with Gasteiger partial charge in [0, 0.05) is 12.8 Å². The summed E-state index contributed by atoms with van der Waals surface area (Å²) >= 11 is 0. The van der Waals surface area contributed by atoms with Crippen molar-refractivity contribution in [3.8, 4) is 11.8 Å². The molecule has 0 heterocycles. The Morgan fingerprint density at radius 3 is 2.42 bits per heavy atom.